The summed E-state index contributed by atoms with van der Waals surface area (Å²) in [5.74, 6) is 1.07. The van der Waals surface area contributed by atoms with Gasteiger partial charge in [0.2, 0.25) is 15.9 Å². The number of carbonyl (C=O) groups excluding carboxylic acids is 1. The highest BCUT2D eigenvalue weighted by molar-refractivity contribution is 7.89. The van der Waals surface area contributed by atoms with Crippen LogP contribution in [0.3, 0.4) is 0 Å². The van der Waals surface area contributed by atoms with E-state index in [0.717, 1.165) is 0 Å². The lowest BCUT2D eigenvalue weighted by atomic mass is 10.3. The van der Waals surface area contributed by atoms with Crippen LogP contribution >= 0.6 is 0 Å². The van der Waals surface area contributed by atoms with Crippen molar-refractivity contribution < 1.29 is 22.4 Å². The number of nitrogens with zero attached hydrogens (tertiary/aromatic N) is 2. The quantitative estimate of drug-likeness (QED) is 0.707. The third kappa shape index (κ3) is 4.58. The van der Waals surface area contributed by atoms with Gasteiger partial charge < -0.3 is 14.1 Å². The Kier molecular flexibility index (Phi) is 5.98. The van der Waals surface area contributed by atoms with Crippen LogP contribution in [0.15, 0.2) is 58.1 Å². The van der Waals surface area contributed by atoms with Gasteiger partial charge in [-0.3, -0.25) is 4.79 Å². The van der Waals surface area contributed by atoms with Gasteiger partial charge in [-0.1, -0.05) is 0 Å². The minimum absolute atomic E-state index is 0.162. The van der Waals surface area contributed by atoms with E-state index in [4.69, 9.17) is 9.15 Å². The Bertz CT molecular complexity index is 881. The minimum atomic E-state index is -3.58. The number of piperazine rings is 1. The van der Waals surface area contributed by atoms with Crippen LogP contribution in [-0.2, 0) is 14.8 Å². The van der Waals surface area contributed by atoms with Crippen molar-refractivity contribution in [2.75, 3.05) is 32.8 Å². The summed E-state index contributed by atoms with van der Waals surface area (Å²) >= 11 is 0. The Hall–Kier alpha value is -2.58. The molecule has 1 fully saturated rings. The maximum absolute atomic E-state index is 12.8. The molecule has 3 rings (SSSR count). The van der Waals surface area contributed by atoms with Gasteiger partial charge in [-0.2, -0.15) is 4.31 Å². The fraction of sp³-hybridized carbons (Fsp3) is 0.316. The molecule has 1 aromatic heterocycles. The molecule has 0 radical (unpaired) electrons. The summed E-state index contributed by atoms with van der Waals surface area (Å²) < 4.78 is 37.4. The predicted octanol–water partition coefficient (Wildman–Crippen LogP) is 2.22. The lowest BCUT2D eigenvalue weighted by Crippen LogP contribution is -2.50. The topological polar surface area (TPSA) is 80.1 Å². The monoisotopic (exact) mass is 390 g/mol. The molecule has 1 saturated heterocycles. The number of benzene rings is 1. The summed E-state index contributed by atoms with van der Waals surface area (Å²) in [4.78, 5) is 14.1. The van der Waals surface area contributed by atoms with Crippen LogP contribution in [0.2, 0.25) is 0 Å². The molecule has 7 nitrogen and oxygen atoms in total. The molecule has 144 valence electrons. The first kappa shape index (κ1) is 19.2. The standard InChI is InChI=1S/C19H22N2O5S/c1-2-25-17-5-8-18(9-6-17)27(23,24)21-13-11-20(12-14-21)19(22)10-7-16-4-3-15-26-16/h3-10,15H,2,11-14H2,1H3/b10-7+. The van der Waals surface area contributed by atoms with E-state index in [1.54, 1.807) is 47.4 Å². The lowest BCUT2D eigenvalue weighted by molar-refractivity contribution is -0.127. The van der Waals surface area contributed by atoms with Crippen molar-refractivity contribution in [2.45, 2.75) is 11.8 Å². The Balaban J connectivity index is 1.59. The molecule has 1 aliphatic rings. The molecule has 0 saturated carbocycles. The van der Waals surface area contributed by atoms with E-state index in [-0.39, 0.29) is 23.9 Å². The summed E-state index contributed by atoms with van der Waals surface area (Å²) in [7, 11) is -3.58. The summed E-state index contributed by atoms with van der Waals surface area (Å²) in [6.45, 7) is 3.60. The molecule has 0 atom stereocenters. The molecule has 0 aliphatic carbocycles. The molecule has 2 heterocycles. The molecule has 1 amide bonds. The smallest absolute Gasteiger partial charge is 0.246 e. The van der Waals surface area contributed by atoms with E-state index in [2.05, 4.69) is 0 Å². The van der Waals surface area contributed by atoms with Crippen LogP contribution in [0.1, 0.15) is 12.7 Å². The highest BCUT2D eigenvalue weighted by Gasteiger charge is 2.29. The van der Waals surface area contributed by atoms with Gasteiger partial charge in [0, 0.05) is 32.3 Å². The van der Waals surface area contributed by atoms with E-state index in [1.165, 1.54) is 16.6 Å². The molecule has 0 bridgehead atoms. The van der Waals surface area contributed by atoms with Crippen LogP contribution in [0.5, 0.6) is 5.75 Å². The van der Waals surface area contributed by atoms with Crippen molar-refractivity contribution in [1.82, 2.24) is 9.21 Å². The molecule has 2 aromatic rings. The molecule has 0 spiro atoms. The molecule has 1 aliphatic heterocycles. The van der Waals surface area contributed by atoms with Gasteiger partial charge in [0.05, 0.1) is 17.8 Å². The number of ether oxygens (including phenoxy) is 1. The maximum Gasteiger partial charge on any atom is 0.246 e. The zero-order valence-electron chi connectivity index (χ0n) is 15.1. The van der Waals surface area contributed by atoms with Crippen molar-refractivity contribution in [3.05, 3.63) is 54.5 Å². The summed E-state index contributed by atoms with van der Waals surface area (Å²) in [5, 5.41) is 0. The van der Waals surface area contributed by atoms with Crippen LogP contribution in [0, 0.1) is 0 Å². The summed E-state index contributed by atoms with van der Waals surface area (Å²) in [6, 6.07) is 9.89. The predicted molar refractivity (Wildman–Crippen MR) is 101 cm³/mol. The molecule has 0 unspecified atom stereocenters. The number of hydrogen-bond acceptors (Lipinski definition) is 5. The summed E-state index contributed by atoms with van der Waals surface area (Å²) in [5.41, 5.74) is 0. The second-order valence-electron chi connectivity index (χ2n) is 5.98. The third-order valence-corrected chi connectivity index (χ3v) is 6.17. The SMILES string of the molecule is CCOc1ccc(S(=O)(=O)N2CCN(C(=O)/C=C/c3ccco3)CC2)cc1. The highest BCUT2D eigenvalue weighted by atomic mass is 32.2. The summed E-state index contributed by atoms with van der Waals surface area (Å²) in [6.07, 6.45) is 4.58. The van der Waals surface area contributed by atoms with Crippen LogP contribution < -0.4 is 4.74 Å². The van der Waals surface area contributed by atoms with E-state index in [1.807, 2.05) is 6.92 Å². The lowest BCUT2D eigenvalue weighted by Gasteiger charge is -2.33. The van der Waals surface area contributed by atoms with Crippen molar-refractivity contribution >= 4 is 22.0 Å². The fourth-order valence-electron chi connectivity index (χ4n) is 2.82. The van der Waals surface area contributed by atoms with Gasteiger partial charge in [0.25, 0.3) is 0 Å². The van der Waals surface area contributed by atoms with Crippen molar-refractivity contribution in [3.63, 3.8) is 0 Å². The Morgan fingerprint density at radius 3 is 2.44 bits per heavy atom. The number of rotatable bonds is 6. The fourth-order valence-corrected chi connectivity index (χ4v) is 4.24. The molecule has 8 heteroatoms. The van der Waals surface area contributed by atoms with Gasteiger partial charge in [-0.25, -0.2) is 8.42 Å². The minimum Gasteiger partial charge on any atom is -0.494 e. The van der Waals surface area contributed by atoms with Crippen LogP contribution in [-0.4, -0.2) is 56.3 Å². The van der Waals surface area contributed by atoms with Crippen LogP contribution in [0.4, 0.5) is 0 Å². The Labute approximate surface area is 158 Å². The molecule has 1 aromatic carbocycles. The second-order valence-corrected chi connectivity index (χ2v) is 7.92. The first-order valence-electron chi connectivity index (χ1n) is 8.74. The zero-order chi connectivity index (χ0) is 19.3. The first-order valence-corrected chi connectivity index (χ1v) is 10.2. The molecule has 0 N–H and O–H groups in total. The second kappa shape index (κ2) is 8.41. The van der Waals surface area contributed by atoms with Crippen molar-refractivity contribution in [3.8, 4) is 5.75 Å². The molecule has 27 heavy (non-hydrogen) atoms. The molecular formula is C19H22N2O5S. The van der Waals surface area contributed by atoms with Gasteiger partial charge >= 0.3 is 0 Å². The first-order chi connectivity index (χ1) is 13.0. The van der Waals surface area contributed by atoms with Crippen molar-refractivity contribution in [1.29, 1.82) is 0 Å². The average Bonchev–Trinajstić information content (AvgIpc) is 3.20. The number of sulfonamides is 1. The van der Waals surface area contributed by atoms with E-state index in [9.17, 15) is 13.2 Å². The number of carbonyl (C=O) groups is 1. The third-order valence-electron chi connectivity index (χ3n) is 4.26. The molecular weight excluding hydrogens is 368 g/mol. The van der Waals surface area contributed by atoms with Gasteiger partial charge in [0.15, 0.2) is 0 Å². The largest absolute Gasteiger partial charge is 0.494 e. The number of hydrogen-bond donors (Lipinski definition) is 0. The average molecular weight is 390 g/mol. The zero-order valence-corrected chi connectivity index (χ0v) is 15.9. The van der Waals surface area contributed by atoms with Crippen molar-refractivity contribution in [2.24, 2.45) is 0 Å². The number of furan rings is 1. The highest BCUT2D eigenvalue weighted by Crippen LogP contribution is 2.21. The Morgan fingerprint density at radius 1 is 1.15 bits per heavy atom. The van der Waals surface area contributed by atoms with E-state index < -0.39 is 10.0 Å². The van der Waals surface area contributed by atoms with Crippen LogP contribution in [0.25, 0.3) is 6.08 Å². The Morgan fingerprint density at radius 2 is 1.85 bits per heavy atom. The van der Waals surface area contributed by atoms with Gasteiger partial charge in [-0.05, 0) is 49.4 Å². The van der Waals surface area contributed by atoms with E-state index in [0.29, 0.717) is 31.2 Å². The maximum atomic E-state index is 12.8. The van der Waals surface area contributed by atoms with Gasteiger partial charge in [-0.15, -0.1) is 0 Å². The van der Waals surface area contributed by atoms with E-state index >= 15 is 0 Å². The normalized spacial score (nSPS) is 16.0. The van der Waals surface area contributed by atoms with Gasteiger partial charge in [0.1, 0.15) is 11.5 Å². The number of amides is 1.